The molecule has 0 radical (unpaired) electrons. The number of H-pyrrole nitrogens is 1. The van der Waals surface area contributed by atoms with Crippen molar-refractivity contribution < 1.29 is 13.9 Å². The number of ether oxygens (including phenoxy) is 1. The molecule has 0 fully saturated rings. The minimum Gasteiger partial charge on any atom is -0.364 e. The Balaban J connectivity index is 1.25. The minimum absolute atomic E-state index is 0.0909. The van der Waals surface area contributed by atoms with Crippen LogP contribution >= 0.6 is 0 Å². The van der Waals surface area contributed by atoms with Crippen LogP contribution in [-0.2, 0) is 35.6 Å². The second-order valence-electron chi connectivity index (χ2n) is 5.90. The van der Waals surface area contributed by atoms with Crippen LogP contribution in [0.2, 0.25) is 0 Å². The molecule has 0 aliphatic carbocycles. The lowest BCUT2D eigenvalue weighted by Gasteiger charge is -2.06. The van der Waals surface area contributed by atoms with Crippen LogP contribution in [0.15, 0.2) is 18.2 Å². The summed E-state index contributed by atoms with van der Waals surface area (Å²) in [7, 11) is 0. The SMILES string of the molecule is O=C(COCc1nc2ccc(F)cc2[nH]1)NCc1nnc2n1CCC2. The number of imidazole rings is 1. The third-order valence-electron chi connectivity index (χ3n) is 4.09. The number of fused-ring (bicyclic) bond motifs is 2. The van der Waals surface area contributed by atoms with Crippen LogP contribution in [0.25, 0.3) is 11.0 Å². The van der Waals surface area contributed by atoms with Gasteiger partial charge in [0.1, 0.15) is 30.7 Å². The van der Waals surface area contributed by atoms with E-state index in [1.54, 1.807) is 6.07 Å². The van der Waals surface area contributed by atoms with Gasteiger partial charge in [0, 0.05) is 13.0 Å². The Morgan fingerprint density at radius 3 is 3.24 bits per heavy atom. The van der Waals surface area contributed by atoms with E-state index >= 15 is 0 Å². The molecule has 3 heterocycles. The quantitative estimate of drug-likeness (QED) is 0.697. The number of rotatable bonds is 6. The van der Waals surface area contributed by atoms with Gasteiger partial charge in [0.15, 0.2) is 5.82 Å². The summed E-state index contributed by atoms with van der Waals surface area (Å²) < 4.78 is 20.5. The number of halogens is 1. The molecule has 2 aromatic heterocycles. The van der Waals surface area contributed by atoms with Gasteiger partial charge in [0.05, 0.1) is 17.6 Å². The fourth-order valence-electron chi connectivity index (χ4n) is 2.91. The molecule has 9 heteroatoms. The second kappa shape index (κ2) is 6.60. The molecule has 1 amide bonds. The highest BCUT2D eigenvalue weighted by Gasteiger charge is 2.17. The Morgan fingerprint density at radius 2 is 2.32 bits per heavy atom. The molecule has 0 saturated carbocycles. The summed E-state index contributed by atoms with van der Waals surface area (Å²) in [4.78, 5) is 19.1. The van der Waals surface area contributed by atoms with E-state index in [1.807, 2.05) is 4.57 Å². The van der Waals surface area contributed by atoms with Gasteiger partial charge in [-0.05, 0) is 24.6 Å². The number of aromatic amines is 1. The first-order chi connectivity index (χ1) is 12.2. The molecule has 25 heavy (non-hydrogen) atoms. The summed E-state index contributed by atoms with van der Waals surface area (Å²) in [6.45, 7) is 1.28. The van der Waals surface area contributed by atoms with Gasteiger partial charge in [0.25, 0.3) is 0 Å². The van der Waals surface area contributed by atoms with Crippen LogP contribution in [0.3, 0.4) is 0 Å². The van der Waals surface area contributed by atoms with Crippen LogP contribution in [0.5, 0.6) is 0 Å². The van der Waals surface area contributed by atoms with Gasteiger partial charge in [-0.2, -0.15) is 0 Å². The lowest BCUT2D eigenvalue weighted by Crippen LogP contribution is -2.28. The van der Waals surface area contributed by atoms with Crippen LogP contribution in [0.4, 0.5) is 4.39 Å². The zero-order valence-corrected chi connectivity index (χ0v) is 13.5. The van der Waals surface area contributed by atoms with E-state index in [0.29, 0.717) is 23.4 Å². The fraction of sp³-hybridized carbons (Fsp3) is 0.375. The molecule has 0 spiro atoms. The molecule has 1 aliphatic heterocycles. The number of aromatic nitrogens is 5. The number of amides is 1. The van der Waals surface area contributed by atoms with Crippen molar-refractivity contribution in [3.8, 4) is 0 Å². The highest BCUT2D eigenvalue weighted by Crippen LogP contribution is 2.14. The van der Waals surface area contributed by atoms with E-state index in [0.717, 1.165) is 31.0 Å². The van der Waals surface area contributed by atoms with Gasteiger partial charge in [-0.1, -0.05) is 0 Å². The number of nitrogens with one attached hydrogen (secondary N) is 2. The fourth-order valence-corrected chi connectivity index (χ4v) is 2.91. The average Bonchev–Trinajstić information content (AvgIpc) is 3.27. The molecule has 8 nitrogen and oxygen atoms in total. The summed E-state index contributed by atoms with van der Waals surface area (Å²) in [6.07, 6.45) is 2.00. The molecule has 1 aliphatic rings. The maximum Gasteiger partial charge on any atom is 0.246 e. The standard InChI is InChI=1S/C16H17FN6O2/c17-10-3-4-11-12(6-10)20-13(19-11)8-25-9-16(24)18-7-15-22-21-14-2-1-5-23(14)15/h3-4,6H,1-2,5,7-9H2,(H,18,24)(H,19,20). The predicted octanol–water partition coefficient (Wildman–Crippen LogP) is 1.07. The molecular formula is C16H17FN6O2. The maximum absolute atomic E-state index is 13.1. The van der Waals surface area contributed by atoms with Crippen molar-refractivity contribution in [2.75, 3.05) is 6.61 Å². The molecule has 0 bridgehead atoms. The van der Waals surface area contributed by atoms with Crippen LogP contribution in [0, 0.1) is 5.82 Å². The highest BCUT2D eigenvalue weighted by atomic mass is 19.1. The van der Waals surface area contributed by atoms with Crippen molar-refractivity contribution in [2.24, 2.45) is 0 Å². The Kier molecular flexibility index (Phi) is 4.14. The third-order valence-corrected chi connectivity index (χ3v) is 4.09. The molecular weight excluding hydrogens is 327 g/mol. The number of benzene rings is 1. The van der Waals surface area contributed by atoms with Crippen molar-refractivity contribution in [2.45, 2.75) is 32.5 Å². The Bertz CT molecular complexity index is 919. The second-order valence-corrected chi connectivity index (χ2v) is 5.90. The lowest BCUT2D eigenvalue weighted by molar-refractivity contribution is -0.126. The summed E-state index contributed by atoms with van der Waals surface area (Å²) in [6, 6.07) is 4.31. The van der Waals surface area contributed by atoms with E-state index in [2.05, 4.69) is 25.5 Å². The van der Waals surface area contributed by atoms with Gasteiger partial charge < -0.3 is 19.6 Å². The van der Waals surface area contributed by atoms with E-state index in [4.69, 9.17) is 4.74 Å². The largest absolute Gasteiger partial charge is 0.364 e. The summed E-state index contributed by atoms with van der Waals surface area (Å²) in [5.74, 6) is 1.71. The maximum atomic E-state index is 13.1. The first-order valence-electron chi connectivity index (χ1n) is 8.08. The Hall–Kier alpha value is -2.81. The Labute approximate surface area is 142 Å². The van der Waals surface area contributed by atoms with Crippen LogP contribution in [0.1, 0.15) is 23.9 Å². The van der Waals surface area contributed by atoms with E-state index < -0.39 is 0 Å². The van der Waals surface area contributed by atoms with E-state index in [1.165, 1.54) is 12.1 Å². The number of nitrogens with zero attached hydrogens (tertiary/aromatic N) is 4. The zero-order chi connectivity index (χ0) is 17.2. The predicted molar refractivity (Wildman–Crippen MR) is 85.9 cm³/mol. The van der Waals surface area contributed by atoms with Gasteiger partial charge in [0.2, 0.25) is 5.91 Å². The molecule has 1 aromatic carbocycles. The van der Waals surface area contributed by atoms with E-state index in [9.17, 15) is 9.18 Å². The number of hydrogen-bond donors (Lipinski definition) is 2. The molecule has 0 atom stereocenters. The van der Waals surface area contributed by atoms with Crippen molar-refractivity contribution in [1.29, 1.82) is 0 Å². The number of aryl methyl sites for hydroxylation is 1. The van der Waals surface area contributed by atoms with Gasteiger partial charge in [-0.25, -0.2) is 9.37 Å². The van der Waals surface area contributed by atoms with Crippen molar-refractivity contribution in [1.82, 2.24) is 30.0 Å². The van der Waals surface area contributed by atoms with E-state index in [-0.39, 0.29) is 24.9 Å². The third kappa shape index (κ3) is 3.36. The molecule has 2 N–H and O–H groups in total. The summed E-state index contributed by atoms with van der Waals surface area (Å²) >= 11 is 0. The normalized spacial score (nSPS) is 13.3. The van der Waals surface area contributed by atoms with Crippen LogP contribution in [-0.4, -0.2) is 37.2 Å². The topological polar surface area (TPSA) is 97.7 Å². The zero-order valence-electron chi connectivity index (χ0n) is 13.5. The first kappa shape index (κ1) is 15.7. The minimum atomic E-state index is -0.331. The summed E-state index contributed by atoms with van der Waals surface area (Å²) in [5.41, 5.74) is 1.26. The van der Waals surface area contributed by atoms with Crippen LogP contribution < -0.4 is 5.32 Å². The molecule has 4 rings (SSSR count). The monoisotopic (exact) mass is 344 g/mol. The smallest absolute Gasteiger partial charge is 0.246 e. The molecule has 130 valence electrons. The van der Waals surface area contributed by atoms with Crippen molar-refractivity contribution >= 4 is 16.9 Å². The first-order valence-corrected chi connectivity index (χ1v) is 8.08. The number of carbonyl (C=O) groups is 1. The molecule has 0 saturated heterocycles. The number of hydrogen-bond acceptors (Lipinski definition) is 5. The van der Waals surface area contributed by atoms with Gasteiger partial charge >= 0.3 is 0 Å². The van der Waals surface area contributed by atoms with Crippen molar-refractivity contribution in [3.05, 3.63) is 41.5 Å². The summed E-state index contributed by atoms with van der Waals surface area (Å²) in [5, 5.41) is 10.9. The van der Waals surface area contributed by atoms with Gasteiger partial charge in [-0.15, -0.1) is 10.2 Å². The average molecular weight is 344 g/mol. The van der Waals surface area contributed by atoms with Gasteiger partial charge in [-0.3, -0.25) is 4.79 Å². The Morgan fingerprint density at radius 1 is 1.40 bits per heavy atom. The van der Waals surface area contributed by atoms with Crippen molar-refractivity contribution in [3.63, 3.8) is 0 Å². The highest BCUT2D eigenvalue weighted by molar-refractivity contribution is 5.77. The number of carbonyl (C=O) groups excluding carboxylic acids is 1. The molecule has 0 unspecified atom stereocenters. The molecule has 3 aromatic rings. The lowest BCUT2D eigenvalue weighted by atomic mass is 10.3.